The van der Waals surface area contributed by atoms with E-state index in [0.717, 1.165) is 22.2 Å². The van der Waals surface area contributed by atoms with E-state index in [1.54, 1.807) is 24.6 Å². The summed E-state index contributed by atoms with van der Waals surface area (Å²) in [6.07, 6.45) is 1.40. The van der Waals surface area contributed by atoms with E-state index in [-0.39, 0.29) is 11.3 Å². The van der Waals surface area contributed by atoms with Crippen LogP contribution >= 0.6 is 23.1 Å². The van der Waals surface area contributed by atoms with E-state index in [4.69, 9.17) is 0 Å². The van der Waals surface area contributed by atoms with Crippen molar-refractivity contribution in [2.45, 2.75) is 24.9 Å². The molecule has 2 heterocycles. The zero-order valence-corrected chi connectivity index (χ0v) is 11.9. The van der Waals surface area contributed by atoms with Crippen LogP contribution in [-0.2, 0) is 11.8 Å². The van der Waals surface area contributed by atoms with Crippen LogP contribution in [0.2, 0.25) is 0 Å². The summed E-state index contributed by atoms with van der Waals surface area (Å²) in [4.78, 5) is 28.1. The van der Waals surface area contributed by atoms with Gasteiger partial charge in [0.2, 0.25) is 0 Å². The van der Waals surface area contributed by atoms with Gasteiger partial charge in [-0.05, 0) is 24.8 Å². The van der Waals surface area contributed by atoms with Crippen LogP contribution in [-0.4, -0.2) is 21.1 Å². The number of nitrogens with zero attached hydrogens (tertiary/aromatic N) is 2. The second-order valence-corrected chi connectivity index (χ2v) is 6.01. The molecule has 96 valence electrons. The number of hydrogen-bond acceptors (Lipinski definition) is 5. The molecule has 2 rings (SSSR count). The van der Waals surface area contributed by atoms with Crippen LogP contribution in [0.25, 0.3) is 10.2 Å². The highest BCUT2D eigenvalue weighted by Gasteiger charge is 2.09. The van der Waals surface area contributed by atoms with Gasteiger partial charge in [0.1, 0.15) is 10.6 Å². The first-order chi connectivity index (χ1) is 8.59. The van der Waals surface area contributed by atoms with Crippen molar-refractivity contribution in [2.24, 2.45) is 7.05 Å². The number of carbonyl (C=O) groups excluding carboxylic acids is 1. The summed E-state index contributed by atoms with van der Waals surface area (Å²) >= 11 is 3.00. The standard InChI is InChI=1S/C12H14N2O2S2/c1-8(15)4-3-6-18-12-13-10-9(5-7-17-10)11(16)14(12)2/h5,7H,3-4,6H2,1-2H3. The maximum atomic E-state index is 12.0. The third-order valence-corrected chi connectivity index (χ3v) is 4.49. The lowest BCUT2D eigenvalue weighted by Crippen LogP contribution is -2.19. The number of carbonyl (C=O) groups is 1. The third-order valence-electron chi connectivity index (χ3n) is 2.57. The minimum Gasteiger partial charge on any atom is -0.300 e. The second kappa shape index (κ2) is 5.67. The van der Waals surface area contributed by atoms with Gasteiger partial charge in [0, 0.05) is 19.2 Å². The van der Waals surface area contributed by atoms with Crippen LogP contribution in [0, 0.1) is 0 Å². The molecule has 0 aliphatic carbocycles. The molecule has 0 saturated carbocycles. The average Bonchev–Trinajstić information content (AvgIpc) is 2.78. The first-order valence-corrected chi connectivity index (χ1v) is 7.52. The lowest BCUT2D eigenvalue weighted by molar-refractivity contribution is -0.117. The molecule has 2 aromatic heterocycles. The van der Waals surface area contributed by atoms with Crippen molar-refractivity contribution < 1.29 is 4.79 Å². The van der Waals surface area contributed by atoms with Crippen molar-refractivity contribution in [3.8, 4) is 0 Å². The summed E-state index contributed by atoms with van der Waals surface area (Å²) in [6, 6.07) is 1.81. The molecule has 0 saturated heterocycles. The third kappa shape index (κ3) is 2.81. The van der Waals surface area contributed by atoms with E-state index in [1.165, 1.54) is 23.1 Å². The molecule has 0 aliphatic rings. The predicted octanol–water partition coefficient (Wildman–Crippen LogP) is 2.46. The summed E-state index contributed by atoms with van der Waals surface area (Å²) in [5.74, 6) is 1.00. The number of Topliss-reactive ketones (excluding diaryl/α,β-unsaturated/α-hetero) is 1. The zero-order valence-electron chi connectivity index (χ0n) is 10.3. The molecule has 0 aromatic carbocycles. The molecular formula is C12H14N2O2S2. The van der Waals surface area contributed by atoms with Crippen molar-refractivity contribution in [3.05, 3.63) is 21.8 Å². The maximum Gasteiger partial charge on any atom is 0.262 e. The minimum absolute atomic E-state index is 0.00434. The highest BCUT2D eigenvalue weighted by Crippen LogP contribution is 2.21. The Morgan fingerprint density at radius 3 is 3.06 bits per heavy atom. The lowest BCUT2D eigenvalue weighted by atomic mass is 10.3. The Bertz CT molecular complexity index is 631. The maximum absolute atomic E-state index is 12.0. The number of aromatic nitrogens is 2. The lowest BCUT2D eigenvalue weighted by Gasteiger charge is -2.06. The smallest absolute Gasteiger partial charge is 0.262 e. The fourth-order valence-electron chi connectivity index (χ4n) is 1.59. The molecule has 0 fully saturated rings. The van der Waals surface area contributed by atoms with Crippen molar-refractivity contribution >= 4 is 39.1 Å². The number of fused-ring (bicyclic) bond motifs is 1. The molecule has 4 nitrogen and oxygen atoms in total. The fourth-order valence-corrected chi connectivity index (χ4v) is 3.31. The van der Waals surface area contributed by atoms with Crippen LogP contribution in [0.15, 0.2) is 21.4 Å². The van der Waals surface area contributed by atoms with Gasteiger partial charge in [-0.25, -0.2) is 4.98 Å². The molecule has 0 spiro atoms. The Hall–Kier alpha value is -1.14. The molecule has 0 N–H and O–H groups in total. The van der Waals surface area contributed by atoms with Gasteiger partial charge in [-0.2, -0.15) is 0 Å². The van der Waals surface area contributed by atoms with Crippen molar-refractivity contribution in [2.75, 3.05) is 5.75 Å². The average molecular weight is 282 g/mol. The Morgan fingerprint density at radius 1 is 1.56 bits per heavy atom. The number of thiophene rings is 1. The summed E-state index contributed by atoms with van der Waals surface area (Å²) < 4.78 is 1.58. The van der Waals surface area contributed by atoms with E-state index in [9.17, 15) is 9.59 Å². The van der Waals surface area contributed by atoms with Crippen LogP contribution in [0.3, 0.4) is 0 Å². The van der Waals surface area contributed by atoms with E-state index < -0.39 is 0 Å². The zero-order chi connectivity index (χ0) is 13.1. The number of hydrogen-bond donors (Lipinski definition) is 0. The second-order valence-electron chi connectivity index (χ2n) is 4.05. The van der Waals surface area contributed by atoms with E-state index in [0.29, 0.717) is 11.8 Å². The Kier molecular flexibility index (Phi) is 4.19. The Labute approximate surface area is 113 Å². The largest absolute Gasteiger partial charge is 0.300 e. The van der Waals surface area contributed by atoms with E-state index in [1.807, 2.05) is 5.38 Å². The van der Waals surface area contributed by atoms with Gasteiger partial charge in [0.05, 0.1) is 5.39 Å². The molecule has 0 radical (unpaired) electrons. The quantitative estimate of drug-likeness (QED) is 0.480. The van der Waals surface area contributed by atoms with Gasteiger partial charge in [0.15, 0.2) is 5.16 Å². The molecule has 0 amide bonds. The van der Waals surface area contributed by atoms with Crippen LogP contribution in [0.5, 0.6) is 0 Å². The highest BCUT2D eigenvalue weighted by molar-refractivity contribution is 7.99. The SMILES string of the molecule is CC(=O)CCCSc1nc2sccc2c(=O)n1C. The number of ketones is 1. The van der Waals surface area contributed by atoms with Crippen molar-refractivity contribution in [1.29, 1.82) is 0 Å². The summed E-state index contributed by atoms with van der Waals surface area (Å²) in [6.45, 7) is 1.59. The normalized spacial score (nSPS) is 11.0. The summed E-state index contributed by atoms with van der Waals surface area (Å²) in [5, 5.41) is 3.28. The molecule has 0 bridgehead atoms. The van der Waals surface area contributed by atoms with Crippen LogP contribution < -0.4 is 5.56 Å². The molecule has 18 heavy (non-hydrogen) atoms. The summed E-state index contributed by atoms with van der Waals surface area (Å²) in [7, 11) is 1.74. The number of rotatable bonds is 5. The van der Waals surface area contributed by atoms with Crippen LogP contribution in [0.1, 0.15) is 19.8 Å². The molecule has 2 aromatic rings. The first kappa shape index (κ1) is 13.3. The minimum atomic E-state index is -0.00434. The van der Waals surface area contributed by atoms with E-state index >= 15 is 0 Å². The predicted molar refractivity (Wildman–Crippen MR) is 75.5 cm³/mol. The van der Waals surface area contributed by atoms with Gasteiger partial charge in [-0.1, -0.05) is 11.8 Å². The van der Waals surface area contributed by atoms with Gasteiger partial charge in [-0.15, -0.1) is 11.3 Å². The molecular weight excluding hydrogens is 268 g/mol. The molecule has 0 unspecified atom stereocenters. The molecule has 0 aliphatic heterocycles. The first-order valence-electron chi connectivity index (χ1n) is 5.66. The van der Waals surface area contributed by atoms with E-state index in [2.05, 4.69) is 4.98 Å². The number of thioether (sulfide) groups is 1. The van der Waals surface area contributed by atoms with Gasteiger partial charge in [0.25, 0.3) is 5.56 Å². The van der Waals surface area contributed by atoms with Crippen LogP contribution in [0.4, 0.5) is 0 Å². The molecule has 6 heteroatoms. The molecule has 0 atom stereocenters. The van der Waals surface area contributed by atoms with Crippen molar-refractivity contribution in [3.63, 3.8) is 0 Å². The Morgan fingerprint density at radius 2 is 2.33 bits per heavy atom. The van der Waals surface area contributed by atoms with Gasteiger partial charge < -0.3 is 4.79 Å². The monoisotopic (exact) mass is 282 g/mol. The fraction of sp³-hybridized carbons (Fsp3) is 0.417. The van der Waals surface area contributed by atoms with Gasteiger partial charge >= 0.3 is 0 Å². The van der Waals surface area contributed by atoms with Gasteiger partial charge in [-0.3, -0.25) is 9.36 Å². The van der Waals surface area contributed by atoms with Crippen molar-refractivity contribution in [1.82, 2.24) is 9.55 Å². The highest BCUT2D eigenvalue weighted by atomic mass is 32.2. The topological polar surface area (TPSA) is 52.0 Å². The summed E-state index contributed by atoms with van der Waals surface area (Å²) in [5.41, 5.74) is -0.00434. The Balaban J connectivity index is 2.15.